The van der Waals surface area contributed by atoms with Crippen molar-refractivity contribution in [3.8, 4) is 17.1 Å². The second-order valence-corrected chi connectivity index (χ2v) is 9.51. The number of anilines is 1. The molecule has 0 unspecified atom stereocenters. The fourth-order valence-electron chi connectivity index (χ4n) is 4.85. The Bertz CT molecular complexity index is 1180. The van der Waals surface area contributed by atoms with Gasteiger partial charge < -0.3 is 14.7 Å². The zero-order valence-electron chi connectivity index (χ0n) is 21.1. The minimum atomic E-state index is -0.729. The normalized spacial score (nSPS) is 15.5. The average Bonchev–Trinajstić information content (AvgIpc) is 3.29. The number of rotatable bonds is 10. The van der Waals surface area contributed by atoms with Crippen molar-refractivity contribution < 1.29 is 14.6 Å². The molecule has 0 spiro atoms. The summed E-state index contributed by atoms with van der Waals surface area (Å²) in [5, 5.41) is 9.37. The summed E-state index contributed by atoms with van der Waals surface area (Å²) in [6, 6.07) is 14.5. The van der Waals surface area contributed by atoms with Crippen LogP contribution in [0.5, 0.6) is 5.75 Å². The number of hydrogen-bond donors (Lipinski definition) is 1. The van der Waals surface area contributed by atoms with Crippen LogP contribution >= 0.6 is 0 Å². The van der Waals surface area contributed by atoms with E-state index in [1.807, 2.05) is 25.3 Å². The predicted molar refractivity (Wildman–Crippen MR) is 139 cm³/mol. The van der Waals surface area contributed by atoms with Gasteiger partial charge in [-0.2, -0.15) is 0 Å². The molecule has 1 aromatic heterocycles. The number of carboxylic acids is 1. The third kappa shape index (κ3) is 5.64. The number of carbonyl (C=O) groups is 1. The maximum absolute atomic E-state index is 11.4. The Kier molecular flexibility index (Phi) is 7.69. The van der Waals surface area contributed by atoms with Crippen LogP contribution in [0.2, 0.25) is 0 Å². The van der Waals surface area contributed by atoms with Crippen LogP contribution < -0.4 is 9.64 Å². The second kappa shape index (κ2) is 10.9. The van der Waals surface area contributed by atoms with E-state index in [0.717, 1.165) is 66.3 Å². The number of carboxylic acid groups (broad SMARTS) is 1. The van der Waals surface area contributed by atoms with Gasteiger partial charge in [-0.15, -0.1) is 0 Å². The molecule has 6 heteroatoms. The first-order valence-corrected chi connectivity index (χ1v) is 12.5. The van der Waals surface area contributed by atoms with E-state index in [2.05, 4.69) is 54.2 Å². The highest BCUT2D eigenvalue weighted by Crippen LogP contribution is 2.40. The minimum Gasteiger partial charge on any atom is -0.494 e. The largest absolute Gasteiger partial charge is 0.494 e. The van der Waals surface area contributed by atoms with Gasteiger partial charge in [-0.05, 0) is 67.3 Å². The molecular formula is C29H35N3O3. The van der Waals surface area contributed by atoms with Crippen molar-refractivity contribution in [2.24, 2.45) is 5.92 Å². The molecule has 6 nitrogen and oxygen atoms in total. The third-order valence-electron chi connectivity index (χ3n) is 7.07. The van der Waals surface area contributed by atoms with E-state index in [1.165, 1.54) is 11.1 Å². The predicted octanol–water partition coefficient (Wildman–Crippen LogP) is 5.67. The van der Waals surface area contributed by atoms with E-state index in [-0.39, 0.29) is 11.8 Å². The van der Waals surface area contributed by atoms with E-state index >= 15 is 0 Å². The van der Waals surface area contributed by atoms with Gasteiger partial charge in [0.25, 0.3) is 0 Å². The van der Waals surface area contributed by atoms with Crippen LogP contribution in [0.4, 0.5) is 5.82 Å². The van der Waals surface area contributed by atoms with Crippen LogP contribution in [0.1, 0.15) is 54.9 Å². The summed E-state index contributed by atoms with van der Waals surface area (Å²) < 4.78 is 6.03. The summed E-state index contributed by atoms with van der Waals surface area (Å²) >= 11 is 0. The van der Waals surface area contributed by atoms with Gasteiger partial charge in [0.1, 0.15) is 11.6 Å². The lowest BCUT2D eigenvalue weighted by atomic mass is 9.89. The Labute approximate surface area is 208 Å². The maximum atomic E-state index is 11.4. The van der Waals surface area contributed by atoms with Gasteiger partial charge in [-0.1, -0.05) is 44.2 Å². The second-order valence-electron chi connectivity index (χ2n) is 9.51. The standard InChI is InChI=1S/C29H35N3O3/c1-5-21-7-9-22(10-8-21)27-30-18-19(2)28(31-27)32(4)15-6-16-35-24-12-14-26-23(17-24)11-13-25(26)20(3)29(33)34/h7-10,12,14,17-18,20,25H,5-6,11,13,15-16H2,1-4H3,(H,33,34)/t20-,25-/m0/s1. The maximum Gasteiger partial charge on any atom is 0.306 e. The van der Waals surface area contributed by atoms with Crippen LogP contribution in [0, 0.1) is 12.8 Å². The zero-order valence-corrected chi connectivity index (χ0v) is 21.1. The van der Waals surface area contributed by atoms with E-state index in [1.54, 1.807) is 6.92 Å². The summed E-state index contributed by atoms with van der Waals surface area (Å²) in [7, 11) is 2.05. The first-order valence-electron chi connectivity index (χ1n) is 12.5. The average molecular weight is 474 g/mol. The molecule has 0 radical (unpaired) electrons. The lowest BCUT2D eigenvalue weighted by Gasteiger charge is -2.21. The molecule has 0 fully saturated rings. The molecule has 0 aliphatic heterocycles. The molecular weight excluding hydrogens is 438 g/mol. The van der Waals surface area contributed by atoms with Crippen molar-refractivity contribution in [1.82, 2.24) is 9.97 Å². The molecule has 2 atom stereocenters. The van der Waals surface area contributed by atoms with Gasteiger partial charge in [0.05, 0.1) is 12.5 Å². The Morgan fingerprint density at radius 2 is 2.00 bits per heavy atom. The van der Waals surface area contributed by atoms with Gasteiger partial charge in [0, 0.05) is 30.9 Å². The number of fused-ring (bicyclic) bond motifs is 1. The van der Waals surface area contributed by atoms with Crippen molar-refractivity contribution in [3.63, 3.8) is 0 Å². The highest BCUT2D eigenvalue weighted by atomic mass is 16.5. The molecule has 184 valence electrons. The third-order valence-corrected chi connectivity index (χ3v) is 7.07. The summed E-state index contributed by atoms with van der Waals surface area (Å²) in [4.78, 5) is 22.9. The van der Waals surface area contributed by atoms with Crippen LogP contribution in [0.3, 0.4) is 0 Å². The van der Waals surface area contributed by atoms with E-state index in [0.29, 0.717) is 6.61 Å². The number of benzene rings is 2. The van der Waals surface area contributed by atoms with E-state index < -0.39 is 5.97 Å². The van der Waals surface area contributed by atoms with Crippen LogP contribution in [-0.2, 0) is 17.6 Å². The van der Waals surface area contributed by atoms with Crippen molar-refractivity contribution in [3.05, 3.63) is 70.9 Å². The lowest BCUT2D eigenvalue weighted by Crippen LogP contribution is -2.22. The van der Waals surface area contributed by atoms with Crippen molar-refractivity contribution in [2.45, 2.75) is 52.4 Å². The molecule has 0 saturated carbocycles. The summed E-state index contributed by atoms with van der Waals surface area (Å²) in [6.07, 6.45) is 5.56. The van der Waals surface area contributed by atoms with Gasteiger partial charge in [0.2, 0.25) is 0 Å². The Morgan fingerprint density at radius 1 is 1.23 bits per heavy atom. The number of nitrogens with zero attached hydrogens (tertiary/aromatic N) is 3. The molecule has 1 aliphatic rings. The smallest absolute Gasteiger partial charge is 0.306 e. The summed E-state index contributed by atoms with van der Waals surface area (Å²) in [5.74, 6) is 1.53. The first-order chi connectivity index (χ1) is 16.9. The molecule has 35 heavy (non-hydrogen) atoms. The molecule has 1 heterocycles. The van der Waals surface area contributed by atoms with Crippen LogP contribution in [0.15, 0.2) is 48.7 Å². The van der Waals surface area contributed by atoms with Crippen molar-refractivity contribution in [1.29, 1.82) is 0 Å². The van der Waals surface area contributed by atoms with Gasteiger partial charge >= 0.3 is 5.97 Å². The van der Waals surface area contributed by atoms with Crippen molar-refractivity contribution >= 4 is 11.8 Å². The van der Waals surface area contributed by atoms with Gasteiger partial charge in [-0.25, -0.2) is 9.97 Å². The molecule has 2 aromatic carbocycles. The van der Waals surface area contributed by atoms with Crippen LogP contribution in [-0.4, -0.2) is 41.2 Å². The summed E-state index contributed by atoms with van der Waals surface area (Å²) in [5.41, 5.74) is 5.75. The molecule has 3 aromatic rings. The first kappa shape index (κ1) is 24.7. The molecule has 0 amide bonds. The monoisotopic (exact) mass is 473 g/mol. The van der Waals surface area contributed by atoms with E-state index in [9.17, 15) is 9.90 Å². The lowest BCUT2D eigenvalue weighted by molar-refractivity contribution is -0.141. The number of aromatic nitrogens is 2. The Hall–Kier alpha value is -3.41. The highest BCUT2D eigenvalue weighted by Gasteiger charge is 2.31. The zero-order chi connectivity index (χ0) is 24.9. The van der Waals surface area contributed by atoms with Gasteiger partial charge in [-0.3, -0.25) is 4.79 Å². The minimum absolute atomic E-state index is 0.0933. The molecule has 4 rings (SSSR count). The number of ether oxygens (including phenoxy) is 1. The fraction of sp³-hybridized carbons (Fsp3) is 0.414. The summed E-state index contributed by atoms with van der Waals surface area (Å²) in [6.45, 7) is 7.40. The van der Waals surface area contributed by atoms with Crippen LogP contribution in [0.25, 0.3) is 11.4 Å². The van der Waals surface area contributed by atoms with E-state index in [4.69, 9.17) is 9.72 Å². The van der Waals surface area contributed by atoms with Crippen molar-refractivity contribution in [2.75, 3.05) is 25.1 Å². The highest BCUT2D eigenvalue weighted by molar-refractivity contribution is 5.71. The molecule has 0 bridgehead atoms. The molecule has 1 N–H and O–H groups in total. The number of hydrogen-bond acceptors (Lipinski definition) is 5. The Balaban J connectivity index is 1.33. The van der Waals surface area contributed by atoms with Gasteiger partial charge in [0.15, 0.2) is 5.82 Å². The quantitative estimate of drug-likeness (QED) is 0.382. The molecule has 0 saturated heterocycles. The number of aryl methyl sites for hydroxylation is 3. The fourth-order valence-corrected chi connectivity index (χ4v) is 4.85. The number of aliphatic carboxylic acids is 1. The Morgan fingerprint density at radius 3 is 2.71 bits per heavy atom. The molecule has 1 aliphatic carbocycles. The SMILES string of the molecule is CCc1ccc(-c2ncc(C)c(N(C)CCCOc3ccc4c(c3)CC[C@H]4[C@H](C)C(=O)O)n2)cc1. The topological polar surface area (TPSA) is 75.6 Å².